The molecule has 1 aliphatic rings. The average molecular weight is 495 g/mol. The van der Waals surface area contributed by atoms with Crippen LogP contribution in [0.3, 0.4) is 0 Å². The minimum atomic E-state index is -3.99. The van der Waals surface area contributed by atoms with Crippen molar-refractivity contribution in [2.24, 2.45) is 0 Å². The molecule has 11 heteroatoms. The number of piperidine rings is 1. The van der Waals surface area contributed by atoms with E-state index in [1.165, 1.54) is 25.3 Å². The lowest BCUT2D eigenvalue weighted by Gasteiger charge is -2.26. The molecule has 0 aliphatic carbocycles. The molecule has 9 nitrogen and oxygen atoms in total. The van der Waals surface area contributed by atoms with Gasteiger partial charge < -0.3 is 10.1 Å². The molecule has 1 saturated heterocycles. The lowest BCUT2D eigenvalue weighted by molar-refractivity contribution is 0.0951. The third-order valence-corrected chi connectivity index (χ3v) is 6.76. The van der Waals surface area contributed by atoms with Crippen LogP contribution in [0.25, 0.3) is 0 Å². The Labute approximate surface area is 198 Å². The summed E-state index contributed by atoms with van der Waals surface area (Å²) in [5.74, 6) is 0.0979. The van der Waals surface area contributed by atoms with Gasteiger partial charge >= 0.3 is 6.03 Å². The Morgan fingerprint density at radius 1 is 1.06 bits per heavy atom. The first-order valence-electron chi connectivity index (χ1n) is 10.6. The molecule has 2 aromatic rings. The maximum absolute atomic E-state index is 12.5. The Kier molecular flexibility index (Phi) is 8.54. The van der Waals surface area contributed by atoms with Crippen LogP contribution in [0.5, 0.6) is 5.75 Å². The van der Waals surface area contributed by atoms with Gasteiger partial charge in [-0.1, -0.05) is 30.2 Å². The number of carbonyl (C=O) groups is 2. The lowest BCUT2D eigenvalue weighted by Crippen LogP contribution is -2.50. The van der Waals surface area contributed by atoms with Crippen LogP contribution in [-0.4, -0.2) is 52.1 Å². The van der Waals surface area contributed by atoms with Crippen molar-refractivity contribution >= 4 is 33.6 Å². The predicted octanol–water partition coefficient (Wildman–Crippen LogP) is 2.71. The number of halogens is 1. The first-order chi connectivity index (χ1) is 15.8. The quantitative estimate of drug-likeness (QED) is 0.519. The van der Waals surface area contributed by atoms with E-state index in [-0.39, 0.29) is 10.8 Å². The van der Waals surface area contributed by atoms with E-state index in [2.05, 4.69) is 10.7 Å². The number of methoxy groups -OCH3 is 1. The second-order valence-corrected chi connectivity index (χ2v) is 9.71. The summed E-state index contributed by atoms with van der Waals surface area (Å²) in [4.78, 5) is 24.5. The fourth-order valence-electron chi connectivity index (χ4n) is 3.46. The van der Waals surface area contributed by atoms with Crippen molar-refractivity contribution in [3.05, 3.63) is 58.6 Å². The largest absolute Gasteiger partial charge is 0.496 e. The minimum Gasteiger partial charge on any atom is -0.496 e. The van der Waals surface area contributed by atoms with Crippen molar-refractivity contribution in [1.29, 1.82) is 0 Å². The molecule has 0 bridgehead atoms. The van der Waals surface area contributed by atoms with Gasteiger partial charge in [-0.15, -0.1) is 0 Å². The Hall–Kier alpha value is -2.82. The van der Waals surface area contributed by atoms with Gasteiger partial charge in [0.05, 0.1) is 17.6 Å². The van der Waals surface area contributed by atoms with Crippen molar-refractivity contribution in [1.82, 2.24) is 20.5 Å². The Bertz CT molecular complexity index is 1090. The molecular weight excluding hydrogens is 468 g/mol. The molecular formula is C22H27ClN4O5S. The van der Waals surface area contributed by atoms with Crippen molar-refractivity contribution in [3.63, 3.8) is 0 Å². The molecule has 2 aromatic carbocycles. The number of amides is 3. The predicted molar refractivity (Wildman–Crippen MR) is 125 cm³/mol. The zero-order valence-electron chi connectivity index (χ0n) is 18.3. The molecule has 0 unspecified atom stereocenters. The highest BCUT2D eigenvalue weighted by atomic mass is 35.5. The normalized spacial score (nSPS) is 14.4. The number of carbonyl (C=O) groups excluding carboxylic acids is 2. The van der Waals surface area contributed by atoms with Crippen molar-refractivity contribution in [2.75, 3.05) is 26.7 Å². The molecule has 3 amide bonds. The van der Waals surface area contributed by atoms with Gasteiger partial charge in [-0.3, -0.25) is 10.2 Å². The van der Waals surface area contributed by atoms with E-state index in [9.17, 15) is 18.0 Å². The first-order valence-corrected chi connectivity index (χ1v) is 12.4. The Balaban J connectivity index is 1.51. The zero-order valence-corrected chi connectivity index (χ0v) is 19.8. The summed E-state index contributed by atoms with van der Waals surface area (Å²) >= 11 is 5.96. The number of nitrogens with zero attached hydrogens (tertiary/aromatic N) is 1. The van der Waals surface area contributed by atoms with Crippen LogP contribution in [0.2, 0.25) is 5.02 Å². The summed E-state index contributed by atoms with van der Waals surface area (Å²) in [6.07, 6.45) is 3.50. The van der Waals surface area contributed by atoms with Crippen molar-refractivity contribution < 1.29 is 22.7 Å². The maximum Gasteiger partial charge on any atom is 0.343 e. The third kappa shape index (κ3) is 7.08. The molecule has 3 rings (SSSR count). The number of urea groups is 1. The highest BCUT2D eigenvalue weighted by Gasteiger charge is 2.20. The number of hydrogen-bond acceptors (Lipinski definition) is 6. The fourth-order valence-corrected chi connectivity index (χ4v) is 4.54. The van der Waals surface area contributed by atoms with E-state index in [1.807, 2.05) is 4.72 Å². The topological polar surface area (TPSA) is 117 Å². The number of rotatable bonds is 8. The third-order valence-electron chi connectivity index (χ3n) is 5.18. The summed E-state index contributed by atoms with van der Waals surface area (Å²) in [6.45, 7) is 1.72. The second kappa shape index (κ2) is 11.4. The second-order valence-electron chi connectivity index (χ2n) is 7.59. The molecule has 0 radical (unpaired) electrons. The van der Waals surface area contributed by atoms with E-state index in [0.717, 1.165) is 24.8 Å². The van der Waals surface area contributed by atoms with Gasteiger partial charge in [0.25, 0.3) is 15.9 Å². The standard InChI is InChI=1S/C22H27ClN4O5S/c1-32-20-10-7-17(23)15-19(20)21(28)24-12-11-16-5-8-18(9-6-16)33(30,31)26-22(29)25-27-13-3-2-4-14-27/h5-10,15H,2-4,11-14H2,1H3,(H,24,28)(H2,25,26,29). The minimum absolute atomic E-state index is 0.0206. The van der Waals surface area contributed by atoms with Crippen molar-refractivity contribution in [3.8, 4) is 5.75 Å². The molecule has 178 valence electrons. The van der Waals surface area contributed by atoms with E-state index in [0.29, 0.717) is 42.4 Å². The number of sulfonamides is 1. The molecule has 0 aromatic heterocycles. The van der Waals surface area contributed by atoms with Gasteiger partial charge in [0.15, 0.2) is 0 Å². The van der Waals surface area contributed by atoms with Crippen LogP contribution < -0.4 is 20.2 Å². The van der Waals surface area contributed by atoms with Gasteiger partial charge in [0.2, 0.25) is 0 Å². The van der Waals surface area contributed by atoms with E-state index >= 15 is 0 Å². The molecule has 1 heterocycles. The number of hydrazine groups is 1. The Morgan fingerprint density at radius 3 is 2.42 bits per heavy atom. The molecule has 3 N–H and O–H groups in total. The average Bonchev–Trinajstić information content (AvgIpc) is 2.79. The van der Waals surface area contributed by atoms with Gasteiger partial charge in [-0.05, 0) is 55.2 Å². The monoisotopic (exact) mass is 494 g/mol. The van der Waals surface area contributed by atoms with E-state index < -0.39 is 16.1 Å². The summed E-state index contributed by atoms with van der Waals surface area (Å²) in [7, 11) is -2.52. The highest BCUT2D eigenvalue weighted by molar-refractivity contribution is 7.90. The number of benzene rings is 2. The smallest absolute Gasteiger partial charge is 0.343 e. The highest BCUT2D eigenvalue weighted by Crippen LogP contribution is 2.22. The Morgan fingerprint density at radius 2 is 1.76 bits per heavy atom. The van der Waals surface area contributed by atoms with Crippen LogP contribution in [0.1, 0.15) is 35.2 Å². The first kappa shape index (κ1) is 24.8. The number of ether oxygens (including phenoxy) is 1. The summed E-state index contributed by atoms with van der Waals surface area (Å²) in [6, 6.07) is 10.1. The van der Waals surface area contributed by atoms with Crippen LogP contribution in [0, 0.1) is 0 Å². The molecule has 0 spiro atoms. The van der Waals surface area contributed by atoms with Crippen LogP contribution in [0.15, 0.2) is 47.4 Å². The van der Waals surface area contributed by atoms with E-state index in [1.54, 1.807) is 29.3 Å². The summed E-state index contributed by atoms with van der Waals surface area (Å²) in [5, 5.41) is 4.93. The summed E-state index contributed by atoms with van der Waals surface area (Å²) < 4.78 is 32.2. The van der Waals surface area contributed by atoms with Gasteiger partial charge in [0.1, 0.15) is 5.75 Å². The zero-order chi connectivity index (χ0) is 23.8. The molecule has 0 saturated carbocycles. The molecule has 1 aliphatic heterocycles. The summed E-state index contributed by atoms with van der Waals surface area (Å²) in [5.41, 5.74) is 3.72. The van der Waals surface area contributed by atoms with Gasteiger partial charge in [-0.2, -0.15) is 0 Å². The van der Waals surface area contributed by atoms with Crippen LogP contribution >= 0.6 is 11.6 Å². The molecule has 0 atom stereocenters. The maximum atomic E-state index is 12.5. The van der Waals surface area contributed by atoms with E-state index in [4.69, 9.17) is 16.3 Å². The van der Waals surface area contributed by atoms with Crippen molar-refractivity contribution in [2.45, 2.75) is 30.6 Å². The fraction of sp³-hybridized carbons (Fsp3) is 0.364. The molecule has 33 heavy (non-hydrogen) atoms. The van der Waals surface area contributed by atoms with Gasteiger partial charge in [-0.25, -0.2) is 22.9 Å². The van der Waals surface area contributed by atoms with Gasteiger partial charge in [0, 0.05) is 24.7 Å². The lowest BCUT2D eigenvalue weighted by atomic mass is 10.1. The molecule has 1 fully saturated rings. The number of hydrogen-bond donors (Lipinski definition) is 3. The van der Waals surface area contributed by atoms with Crippen LogP contribution in [0.4, 0.5) is 4.79 Å². The number of nitrogens with one attached hydrogen (secondary N) is 3. The van der Waals surface area contributed by atoms with Crippen LogP contribution in [-0.2, 0) is 16.4 Å². The SMILES string of the molecule is COc1ccc(Cl)cc1C(=O)NCCc1ccc(S(=O)(=O)NC(=O)NN2CCCCC2)cc1.